The summed E-state index contributed by atoms with van der Waals surface area (Å²) in [5.41, 5.74) is 4.33. The van der Waals surface area contributed by atoms with Gasteiger partial charge in [0.2, 0.25) is 6.41 Å². The maximum Gasteiger partial charge on any atom is 0.207 e. The predicted molar refractivity (Wildman–Crippen MR) is 80.7 cm³/mol. The lowest BCUT2D eigenvalue weighted by Crippen LogP contribution is -2.11. The number of benzene rings is 1. The molecule has 2 N–H and O–H groups in total. The molecule has 1 aromatic carbocycles. The first-order valence-corrected chi connectivity index (χ1v) is 6.68. The van der Waals surface area contributed by atoms with E-state index >= 15 is 0 Å². The van der Waals surface area contributed by atoms with Crippen LogP contribution in [0, 0.1) is 6.92 Å². The normalized spacial score (nSPS) is 10.1. The lowest BCUT2D eigenvalue weighted by atomic mass is 10.1. The van der Waals surface area contributed by atoms with Crippen LogP contribution in [0.1, 0.15) is 16.7 Å². The van der Waals surface area contributed by atoms with Crippen molar-refractivity contribution in [3.05, 3.63) is 58.4 Å². The van der Waals surface area contributed by atoms with Gasteiger partial charge in [-0.05, 0) is 41.8 Å². The Morgan fingerprint density at radius 3 is 2.90 bits per heavy atom. The maximum absolute atomic E-state index is 10.4. The van der Waals surface area contributed by atoms with Crippen molar-refractivity contribution < 1.29 is 4.79 Å². The fourth-order valence-electron chi connectivity index (χ4n) is 1.97. The highest BCUT2D eigenvalue weighted by Crippen LogP contribution is 2.20. The summed E-state index contributed by atoms with van der Waals surface area (Å²) < 4.78 is 0. The van der Waals surface area contributed by atoms with Crippen LogP contribution in [0.3, 0.4) is 0 Å². The van der Waals surface area contributed by atoms with Crippen molar-refractivity contribution in [2.75, 3.05) is 5.32 Å². The lowest BCUT2D eigenvalue weighted by Gasteiger charge is -2.13. The average Bonchev–Trinajstić information content (AvgIpc) is 2.45. The van der Waals surface area contributed by atoms with E-state index in [9.17, 15) is 4.79 Å². The van der Waals surface area contributed by atoms with Crippen molar-refractivity contribution in [1.82, 2.24) is 10.3 Å². The third-order valence-electron chi connectivity index (χ3n) is 3.10. The number of carbonyl (C=O) groups excluding carboxylic acids is 1. The van der Waals surface area contributed by atoms with E-state index in [2.05, 4.69) is 15.6 Å². The second kappa shape index (κ2) is 6.91. The Hall–Kier alpha value is -2.07. The van der Waals surface area contributed by atoms with Gasteiger partial charge >= 0.3 is 0 Å². The molecule has 0 atom stereocenters. The molecule has 0 saturated carbocycles. The summed E-state index contributed by atoms with van der Waals surface area (Å²) in [6.07, 6.45) is 2.40. The van der Waals surface area contributed by atoms with E-state index < -0.39 is 0 Å². The zero-order chi connectivity index (χ0) is 14.4. The SMILES string of the molecule is Cc1c(CNC=O)cccc1NCc1ccnc(Cl)c1. The van der Waals surface area contributed by atoms with Crippen molar-refractivity contribution in [2.24, 2.45) is 0 Å². The molecular formula is C15H16ClN3O. The predicted octanol–water partition coefficient (Wildman–Crippen LogP) is 2.90. The molecule has 0 fully saturated rings. The highest BCUT2D eigenvalue weighted by atomic mass is 35.5. The molecule has 2 rings (SSSR count). The number of halogens is 1. The number of amides is 1. The standard InChI is InChI=1S/C15H16ClN3O/c1-11-13(9-17-10-20)3-2-4-14(11)19-8-12-5-6-18-15(16)7-12/h2-7,10,19H,8-9H2,1H3,(H,17,20). The zero-order valence-electron chi connectivity index (χ0n) is 11.2. The molecule has 0 aliphatic carbocycles. The Morgan fingerprint density at radius 1 is 1.30 bits per heavy atom. The first-order chi connectivity index (χ1) is 9.70. The van der Waals surface area contributed by atoms with Crippen molar-refractivity contribution in [2.45, 2.75) is 20.0 Å². The molecule has 1 aromatic heterocycles. The molecule has 2 aromatic rings. The van der Waals surface area contributed by atoms with Crippen LogP contribution in [0.15, 0.2) is 36.5 Å². The van der Waals surface area contributed by atoms with E-state index in [1.54, 1.807) is 6.20 Å². The van der Waals surface area contributed by atoms with Crippen molar-refractivity contribution in [3.8, 4) is 0 Å². The van der Waals surface area contributed by atoms with Crippen molar-refractivity contribution in [1.29, 1.82) is 0 Å². The molecular weight excluding hydrogens is 274 g/mol. The molecule has 5 heteroatoms. The quantitative estimate of drug-likeness (QED) is 0.635. The topological polar surface area (TPSA) is 54.0 Å². The number of carbonyl (C=O) groups is 1. The molecule has 0 bridgehead atoms. The van der Waals surface area contributed by atoms with Gasteiger partial charge in [-0.2, -0.15) is 0 Å². The van der Waals surface area contributed by atoms with Gasteiger partial charge in [0, 0.05) is 25.0 Å². The van der Waals surface area contributed by atoms with E-state index in [1.807, 2.05) is 37.3 Å². The first-order valence-electron chi connectivity index (χ1n) is 6.30. The van der Waals surface area contributed by atoms with Crippen LogP contribution in [-0.4, -0.2) is 11.4 Å². The van der Waals surface area contributed by atoms with Crippen LogP contribution in [0.25, 0.3) is 0 Å². The summed E-state index contributed by atoms with van der Waals surface area (Å²) in [4.78, 5) is 14.3. The van der Waals surface area contributed by atoms with E-state index in [1.165, 1.54) is 0 Å². The van der Waals surface area contributed by atoms with Crippen LogP contribution in [0.2, 0.25) is 5.15 Å². The number of aromatic nitrogens is 1. The van der Waals surface area contributed by atoms with E-state index in [0.717, 1.165) is 22.4 Å². The first kappa shape index (κ1) is 14.3. The van der Waals surface area contributed by atoms with Gasteiger partial charge in [0.15, 0.2) is 0 Å². The highest BCUT2D eigenvalue weighted by molar-refractivity contribution is 6.29. The largest absolute Gasteiger partial charge is 0.381 e. The van der Waals surface area contributed by atoms with Gasteiger partial charge in [-0.25, -0.2) is 4.98 Å². The van der Waals surface area contributed by atoms with Crippen LogP contribution < -0.4 is 10.6 Å². The molecule has 0 saturated heterocycles. The second-order valence-electron chi connectivity index (χ2n) is 4.43. The number of nitrogens with zero attached hydrogens (tertiary/aromatic N) is 1. The van der Waals surface area contributed by atoms with Gasteiger partial charge in [-0.15, -0.1) is 0 Å². The van der Waals surface area contributed by atoms with Gasteiger partial charge in [0.1, 0.15) is 5.15 Å². The molecule has 0 spiro atoms. The average molecular weight is 290 g/mol. The minimum Gasteiger partial charge on any atom is -0.381 e. The number of anilines is 1. The van der Waals surface area contributed by atoms with Gasteiger partial charge in [0.25, 0.3) is 0 Å². The minimum atomic E-state index is 0.491. The fraction of sp³-hybridized carbons (Fsp3) is 0.200. The van der Waals surface area contributed by atoms with E-state index in [4.69, 9.17) is 11.6 Å². The van der Waals surface area contributed by atoms with Gasteiger partial charge < -0.3 is 10.6 Å². The summed E-state index contributed by atoms with van der Waals surface area (Å²) in [5, 5.41) is 6.54. The Morgan fingerprint density at radius 2 is 2.15 bits per heavy atom. The monoisotopic (exact) mass is 289 g/mol. The maximum atomic E-state index is 10.4. The molecule has 4 nitrogen and oxygen atoms in total. The number of nitrogens with one attached hydrogen (secondary N) is 2. The molecule has 0 unspecified atom stereocenters. The molecule has 1 heterocycles. The minimum absolute atomic E-state index is 0.491. The van der Waals surface area contributed by atoms with Gasteiger partial charge in [-0.1, -0.05) is 23.7 Å². The van der Waals surface area contributed by atoms with Crippen LogP contribution in [-0.2, 0) is 17.9 Å². The molecule has 0 aliphatic rings. The van der Waals surface area contributed by atoms with Crippen LogP contribution in [0.4, 0.5) is 5.69 Å². The number of pyridine rings is 1. The second-order valence-corrected chi connectivity index (χ2v) is 4.82. The summed E-state index contributed by atoms with van der Waals surface area (Å²) >= 11 is 5.86. The highest BCUT2D eigenvalue weighted by Gasteiger charge is 2.03. The van der Waals surface area contributed by atoms with Gasteiger partial charge in [0.05, 0.1) is 0 Å². The number of hydrogen-bond donors (Lipinski definition) is 2. The van der Waals surface area contributed by atoms with E-state index in [-0.39, 0.29) is 0 Å². The smallest absolute Gasteiger partial charge is 0.207 e. The van der Waals surface area contributed by atoms with Crippen molar-refractivity contribution in [3.63, 3.8) is 0 Å². The summed E-state index contributed by atoms with van der Waals surface area (Å²) in [7, 11) is 0. The Labute approximate surface area is 123 Å². The fourth-order valence-corrected chi connectivity index (χ4v) is 2.16. The zero-order valence-corrected chi connectivity index (χ0v) is 11.9. The Bertz CT molecular complexity index is 601. The summed E-state index contributed by atoms with van der Waals surface area (Å²) in [6, 6.07) is 9.74. The molecule has 1 amide bonds. The summed E-state index contributed by atoms with van der Waals surface area (Å²) in [5.74, 6) is 0. The lowest BCUT2D eigenvalue weighted by molar-refractivity contribution is -0.109. The summed E-state index contributed by atoms with van der Waals surface area (Å²) in [6.45, 7) is 3.24. The Balaban J connectivity index is 2.07. The van der Waals surface area contributed by atoms with Crippen LogP contribution >= 0.6 is 11.6 Å². The van der Waals surface area contributed by atoms with Crippen LogP contribution in [0.5, 0.6) is 0 Å². The molecule has 20 heavy (non-hydrogen) atoms. The molecule has 104 valence electrons. The third kappa shape index (κ3) is 3.71. The van der Waals surface area contributed by atoms with E-state index in [0.29, 0.717) is 24.7 Å². The number of rotatable bonds is 6. The third-order valence-corrected chi connectivity index (χ3v) is 3.30. The Kier molecular flexibility index (Phi) is 4.96. The molecule has 0 aliphatic heterocycles. The van der Waals surface area contributed by atoms with Crippen molar-refractivity contribution >= 4 is 23.7 Å². The van der Waals surface area contributed by atoms with Gasteiger partial charge in [-0.3, -0.25) is 4.79 Å². The molecule has 0 radical (unpaired) electrons. The number of hydrogen-bond acceptors (Lipinski definition) is 3.